The Bertz CT molecular complexity index is 159. The molecule has 1 rings (SSSR count). The Kier molecular flexibility index (Phi) is 1.95. The molecule has 0 N–H and O–H groups in total. The molecule has 0 heteroatoms. The zero-order valence-electron chi connectivity index (χ0n) is 5.91. The predicted octanol–water partition coefficient (Wildman–Crippen LogP) is 2.51. The van der Waals surface area contributed by atoms with E-state index in [0.717, 1.165) is 0 Å². The first-order valence-corrected chi connectivity index (χ1v) is 3.50. The molecule has 0 bridgehead atoms. The highest BCUT2D eigenvalue weighted by molar-refractivity contribution is 5.30. The molecule has 1 aliphatic rings. The predicted molar refractivity (Wildman–Crippen MR) is 40.0 cm³/mol. The van der Waals surface area contributed by atoms with Gasteiger partial charge in [-0.15, -0.1) is 6.42 Å². The Morgan fingerprint density at radius 3 is 2.44 bits per heavy atom. The van der Waals surface area contributed by atoms with Crippen LogP contribution in [0.3, 0.4) is 0 Å². The standard InChI is InChI=1S/C9H12/c1-3-8(2)9-6-4-5-7-9/h1H,4-7H2,2H3. The van der Waals surface area contributed by atoms with E-state index in [1.165, 1.54) is 36.8 Å². The fraction of sp³-hybridized carbons (Fsp3) is 0.556. The Morgan fingerprint density at radius 1 is 1.44 bits per heavy atom. The first kappa shape index (κ1) is 6.42. The second-order valence-corrected chi connectivity index (χ2v) is 2.58. The SMILES string of the molecule is C#CC(C)=C1CCCC1. The van der Waals surface area contributed by atoms with Crippen LogP contribution in [0.25, 0.3) is 0 Å². The average molecular weight is 120 g/mol. The van der Waals surface area contributed by atoms with E-state index in [0.29, 0.717) is 0 Å². The van der Waals surface area contributed by atoms with E-state index >= 15 is 0 Å². The van der Waals surface area contributed by atoms with Crippen LogP contribution in [0.1, 0.15) is 32.6 Å². The molecule has 0 nitrogen and oxygen atoms in total. The van der Waals surface area contributed by atoms with E-state index in [1.54, 1.807) is 0 Å². The summed E-state index contributed by atoms with van der Waals surface area (Å²) in [4.78, 5) is 0. The van der Waals surface area contributed by atoms with Gasteiger partial charge in [0.1, 0.15) is 0 Å². The van der Waals surface area contributed by atoms with Crippen molar-refractivity contribution in [3.8, 4) is 12.3 Å². The second-order valence-electron chi connectivity index (χ2n) is 2.58. The molecule has 0 atom stereocenters. The smallest absolute Gasteiger partial charge is 0.00214 e. The molecule has 48 valence electrons. The minimum atomic E-state index is 1.17. The molecule has 0 aromatic heterocycles. The highest BCUT2D eigenvalue weighted by Crippen LogP contribution is 2.26. The van der Waals surface area contributed by atoms with Crippen LogP contribution in [0.2, 0.25) is 0 Å². The molecule has 9 heavy (non-hydrogen) atoms. The maximum atomic E-state index is 5.24. The van der Waals surface area contributed by atoms with Crippen molar-refractivity contribution in [3.05, 3.63) is 11.1 Å². The molecular weight excluding hydrogens is 108 g/mol. The maximum absolute atomic E-state index is 5.24. The maximum Gasteiger partial charge on any atom is -0.00214 e. The van der Waals surface area contributed by atoms with Gasteiger partial charge in [0.05, 0.1) is 0 Å². The van der Waals surface area contributed by atoms with Crippen LogP contribution in [0.15, 0.2) is 11.1 Å². The van der Waals surface area contributed by atoms with Gasteiger partial charge in [0, 0.05) is 0 Å². The van der Waals surface area contributed by atoms with Gasteiger partial charge in [0.15, 0.2) is 0 Å². The summed E-state index contributed by atoms with van der Waals surface area (Å²) in [5.41, 5.74) is 2.69. The van der Waals surface area contributed by atoms with Crippen LogP contribution < -0.4 is 0 Å². The van der Waals surface area contributed by atoms with Gasteiger partial charge in [-0.05, 0) is 38.2 Å². The van der Waals surface area contributed by atoms with Crippen LogP contribution >= 0.6 is 0 Å². The van der Waals surface area contributed by atoms with Crippen molar-refractivity contribution in [2.24, 2.45) is 0 Å². The third-order valence-electron chi connectivity index (χ3n) is 1.95. The summed E-state index contributed by atoms with van der Waals surface area (Å²) in [7, 11) is 0. The van der Waals surface area contributed by atoms with Crippen molar-refractivity contribution < 1.29 is 0 Å². The van der Waals surface area contributed by atoms with Crippen molar-refractivity contribution in [3.63, 3.8) is 0 Å². The van der Waals surface area contributed by atoms with Gasteiger partial charge in [0.25, 0.3) is 0 Å². The number of allylic oxidation sites excluding steroid dienone is 2. The number of hydrogen-bond acceptors (Lipinski definition) is 0. The van der Waals surface area contributed by atoms with Crippen LogP contribution in [0.4, 0.5) is 0 Å². The average Bonchev–Trinajstić information content (AvgIpc) is 2.37. The van der Waals surface area contributed by atoms with Gasteiger partial charge < -0.3 is 0 Å². The number of terminal acetylenes is 1. The number of rotatable bonds is 0. The topological polar surface area (TPSA) is 0 Å². The zero-order chi connectivity index (χ0) is 6.69. The fourth-order valence-electron chi connectivity index (χ4n) is 1.28. The van der Waals surface area contributed by atoms with Crippen molar-refractivity contribution >= 4 is 0 Å². The fourth-order valence-corrected chi connectivity index (χ4v) is 1.28. The Labute approximate surface area is 57.0 Å². The molecule has 0 aromatic carbocycles. The third kappa shape index (κ3) is 1.36. The molecule has 1 fully saturated rings. The van der Waals surface area contributed by atoms with E-state index in [2.05, 4.69) is 5.92 Å². The molecule has 0 unspecified atom stereocenters. The minimum Gasteiger partial charge on any atom is -0.115 e. The first-order valence-electron chi connectivity index (χ1n) is 3.50. The Balaban J connectivity index is 2.70. The normalized spacial score (nSPS) is 17.6. The van der Waals surface area contributed by atoms with Crippen LogP contribution in [-0.2, 0) is 0 Å². The molecule has 0 spiro atoms. The summed E-state index contributed by atoms with van der Waals surface area (Å²) in [6.07, 6.45) is 10.4. The summed E-state index contributed by atoms with van der Waals surface area (Å²) >= 11 is 0. The van der Waals surface area contributed by atoms with Crippen molar-refractivity contribution in [2.75, 3.05) is 0 Å². The molecular formula is C9H12. The summed E-state index contributed by atoms with van der Waals surface area (Å²) in [6, 6.07) is 0. The van der Waals surface area contributed by atoms with E-state index in [4.69, 9.17) is 6.42 Å². The van der Waals surface area contributed by atoms with Crippen LogP contribution in [0, 0.1) is 12.3 Å². The second kappa shape index (κ2) is 2.73. The van der Waals surface area contributed by atoms with Gasteiger partial charge in [0.2, 0.25) is 0 Å². The van der Waals surface area contributed by atoms with E-state index in [-0.39, 0.29) is 0 Å². The molecule has 0 saturated heterocycles. The first-order chi connectivity index (χ1) is 4.34. The molecule has 1 saturated carbocycles. The van der Waals surface area contributed by atoms with Crippen molar-refractivity contribution in [1.29, 1.82) is 0 Å². The lowest BCUT2D eigenvalue weighted by atomic mass is 10.1. The van der Waals surface area contributed by atoms with Crippen molar-refractivity contribution in [2.45, 2.75) is 32.6 Å². The van der Waals surface area contributed by atoms with Gasteiger partial charge in [-0.2, -0.15) is 0 Å². The van der Waals surface area contributed by atoms with E-state index < -0.39 is 0 Å². The van der Waals surface area contributed by atoms with Crippen LogP contribution in [0.5, 0.6) is 0 Å². The largest absolute Gasteiger partial charge is 0.115 e. The van der Waals surface area contributed by atoms with Gasteiger partial charge in [-0.3, -0.25) is 0 Å². The monoisotopic (exact) mass is 120 g/mol. The molecule has 0 heterocycles. The summed E-state index contributed by atoms with van der Waals surface area (Å²) < 4.78 is 0. The number of hydrogen-bond donors (Lipinski definition) is 0. The zero-order valence-corrected chi connectivity index (χ0v) is 5.91. The Morgan fingerprint density at radius 2 is 2.00 bits per heavy atom. The molecule has 0 aromatic rings. The molecule has 0 radical (unpaired) electrons. The van der Waals surface area contributed by atoms with Crippen molar-refractivity contribution in [1.82, 2.24) is 0 Å². The Hall–Kier alpha value is -0.700. The minimum absolute atomic E-state index is 1.17. The van der Waals surface area contributed by atoms with Crippen LogP contribution in [-0.4, -0.2) is 0 Å². The van der Waals surface area contributed by atoms with Gasteiger partial charge in [-0.1, -0.05) is 11.5 Å². The summed E-state index contributed by atoms with van der Waals surface area (Å²) in [5, 5.41) is 0. The lowest BCUT2D eigenvalue weighted by Gasteiger charge is -1.94. The van der Waals surface area contributed by atoms with E-state index in [9.17, 15) is 0 Å². The highest BCUT2D eigenvalue weighted by atomic mass is 14.1. The summed E-state index contributed by atoms with van der Waals surface area (Å²) in [5.74, 6) is 2.69. The van der Waals surface area contributed by atoms with Gasteiger partial charge in [-0.25, -0.2) is 0 Å². The molecule has 0 amide bonds. The highest BCUT2D eigenvalue weighted by Gasteiger charge is 2.07. The molecule has 0 aliphatic heterocycles. The lowest BCUT2D eigenvalue weighted by molar-refractivity contribution is 0.886. The lowest BCUT2D eigenvalue weighted by Crippen LogP contribution is -1.77. The quantitative estimate of drug-likeness (QED) is 0.431. The molecule has 1 aliphatic carbocycles. The van der Waals surface area contributed by atoms with E-state index in [1.807, 2.05) is 6.92 Å². The summed E-state index contributed by atoms with van der Waals surface area (Å²) in [6.45, 7) is 2.04. The van der Waals surface area contributed by atoms with Gasteiger partial charge >= 0.3 is 0 Å². The third-order valence-corrected chi connectivity index (χ3v) is 1.95.